The molecule has 4 rings (SSSR count). The molecule has 1 amide bonds. The number of sulfonamides is 1. The van der Waals surface area contributed by atoms with Gasteiger partial charge in [-0.1, -0.05) is 66.7 Å². The third-order valence-corrected chi connectivity index (χ3v) is 8.62. The highest BCUT2D eigenvalue weighted by Gasteiger charge is 2.29. The fourth-order valence-corrected chi connectivity index (χ4v) is 6.34. The quantitative estimate of drug-likeness (QED) is 0.494. The molecule has 3 aromatic rings. The van der Waals surface area contributed by atoms with E-state index in [1.807, 2.05) is 60.7 Å². The minimum absolute atomic E-state index is 0.122. The van der Waals surface area contributed by atoms with Gasteiger partial charge >= 0.3 is 0 Å². The first-order chi connectivity index (χ1) is 16.1. The summed E-state index contributed by atoms with van der Waals surface area (Å²) < 4.78 is 33.1. The van der Waals surface area contributed by atoms with Crippen molar-refractivity contribution in [2.45, 2.75) is 21.6 Å². The number of carbonyl (C=O) groups is 1. The van der Waals surface area contributed by atoms with E-state index in [1.54, 1.807) is 24.3 Å². The molecule has 0 aromatic heterocycles. The first-order valence-corrected chi connectivity index (χ1v) is 13.1. The lowest BCUT2D eigenvalue weighted by atomic mass is 10.1. The Labute approximate surface area is 199 Å². The molecule has 3 aromatic carbocycles. The Morgan fingerprint density at radius 3 is 2.21 bits per heavy atom. The van der Waals surface area contributed by atoms with E-state index in [0.717, 1.165) is 10.5 Å². The van der Waals surface area contributed by atoms with E-state index in [9.17, 15) is 13.2 Å². The molecule has 0 bridgehead atoms. The number of hydrogen-bond acceptors (Lipinski definition) is 5. The van der Waals surface area contributed by atoms with Crippen molar-refractivity contribution in [3.63, 3.8) is 0 Å². The minimum atomic E-state index is -3.66. The first kappa shape index (κ1) is 23.5. The standard InChI is InChI=1S/C25H26N2O4S2/c28-25(24(20-9-3-1-4-10-20)32-22-12-5-2-6-13-22)26-19-21-11-7-8-14-23(21)33(29,30)27-15-17-31-18-16-27/h1-14,24H,15-19H2,(H,26,28)/t24-/m0/s1. The largest absolute Gasteiger partial charge is 0.379 e. The van der Waals surface area contributed by atoms with Crippen molar-refractivity contribution in [3.8, 4) is 0 Å². The Bertz CT molecular complexity index is 1170. The maximum atomic E-state index is 13.3. The van der Waals surface area contributed by atoms with Gasteiger partial charge in [0.1, 0.15) is 5.25 Å². The van der Waals surface area contributed by atoms with Crippen LogP contribution in [0.25, 0.3) is 0 Å². The van der Waals surface area contributed by atoms with Crippen LogP contribution in [0.15, 0.2) is 94.7 Å². The van der Waals surface area contributed by atoms with Crippen molar-refractivity contribution in [1.82, 2.24) is 9.62 Å². The molecule has 8 heteroatoms. The van der Waals surface area contributed by atoms with E-state index in [1.165, 1.54) is 16.1 Å². The zero-order valence-corrected chi connectivity index (χ0v) is 19.7. The van der Waals surface area contributed by atoms with Crippen LogP contribution in [0.1, 0.15) is 16.4 Å². The molecule has 1 aliphatic heterocycles. The summed E-state index contributed by atoms with van der Waals surface area (Å²) in [6.07, 6.45) is 0. The second kappa shape index (κ2) is 11.0. The van der Waals surface area contributed by atoms with Gasteiger partial charge in [0.15, 0.2) is 0 Å². The average molecular weight is 483 g/mol. The van der Waals surface area contributed by atoms with Crippen molar-refractivity contribution in [2.75, 3.05) is 26.3 Å². The molecule has 172 valence electrons. The van der Waals surface area contributed by atoms with Crippen LogP contribution in [-0.2, 0) is 26.1 Å². The molecule has 6 nitrogen and oxygen atoms in total. The average Bonchev–Trinajstić information content (AvgIpc) is 2.87. The molecule has 1 aliphatic rings. The predicted molar refractivity (Wildman–Crippen MR) is 129 cm³/mol. The molecule has 0 spiro atoms. The molecule has 0 radical (unpaired) electrons. The molecule has 1 saturated heterocycles. The van der Waals surface area contributed by atoms with Crippen molar-refractivity contribution in [3.05, 3.63) is 96.1 Å². The van der Waals surface area contributed by atoms with E-state index in [-0.39, 0.29) is 17.3 Å². The highest BCUT2D eigenvalue weighted by molar-refractivity contribution is 8.00. The SMILES string of the molecule is O=C(NCc1ccccc1S(=O)(=O)N1CCOCC1)[C@@H](Sc1ccccc1)c1ccccc1. The summed E-state index contributed by atoms with van der Waals surface area (Å²) in [6.45, 7) is 1.54. The van der Waals surface area contributed by atoms with Gasteiger partial charge in [-0.2, -0.15) is 4.31 Å². The van der Waals surface area contributed by atoms with Gasteiger partial charge in [-0.05, 0) is 29.3 Å². The summed E-state index contributed by atoms with van der Waals surface area (Å²) in [4.78, 5) is 14.5. The topological polar surface area (TPSA) is 75.7 Å². The van der Waals surface area contributed by atoms with E-state index in [4.69, 9.17) is 4.74 Å². The number of thioether (sulfide) groups is 1. The number of morpholine rings is 1. The molecule has 33 heavy (non-hydrogen) atoms. The summed E-state index contributed by atoms with van der Waals surface area (Å²) in [5.74, 6) is -0.173. The van der Waals surface area contributed by atoms with Crippen molar-refractivity contribution >= 4 is 27.7 Å². The molecule has 0 aliphatic carbocycles. The fourth-order valence-electron chi connectivity index (χ4n) is 3.64. The van der Waals surface area contributed by atoms with Crippen LogP contribution >= 0.6 is 11.8 Å². The third kappa shape index (κ3) is 5.83. The summed E-state index contributed by atoms with van der Waals surface area (Å²) in [5, 5.41) is 2.50. The van der Waals surface area contributed by atoms with Gasteiger partial charge in [0.2, 0.25) is 15.9 Å². The minimum Gasteiger partial charge on any atom is -0.379 e. The Balaban J connectivity index is 1.53. The van der Waals surface area contributed by atoms with Gasteiger partial charge in [0.25, 0.3) is 0 Å². The van der Waals surface area contributed by atoms with Crippen LogP contribution in [0.3, 0.4) is 0 Å². The van der Waals surface area contributed by atoms with Crippen LogP contribution < -0.4 is 5.32 Å². The molecule has 1 N–H and O–H groups in total. The predicted octanol–water partition coefficient (Wildman–Crippen LogP) is 3.86. The maximum Gasteiger partial charge on any atom is 0.243 e. The zero-order chi connectivity index (χ0) is 23.1. The van der Waals surface area contributed by atoms with Gasteiger partial charge in [-0.15, -0.1) is 11.8 Å². The monoisotopic (exact) mass is 482 g/mol. The summed E-state index contributed by atoms with van der Waals surface area (Å²) in [6, 6.07) is 26.2. The molecule has 1 fully saturated rings. The van der Waals surface area contributed by atoms with Crippen molar-refractivity contribution in [1.29, 1.82) is 0 Å². The smallest absolute Gasteiger partial charge is 0.243 e. The van der Waals surface area contributed by atoms with Crippen LogP contribution in [-0.4, -0.2) is 44.9 Å². The van der Waals surface area contributed by atoms with E-state index < -0.39 is 15.3 Å². The highest BCUT2D eigenvalue weighted by Crippen LogP contribution is 2.35. The lowest BCUT2D eigenvalue weighted by Gasteiger charge is -2.27. The molecular weight excluding hydrogens is 456 g/mol. The molecule has 1 atom stereocenters. The first-order valence-electron chi connectivity index (χ1n) is 10.8. The lowest BCUT2D eigenvalue weighted by Crippen LogP contribution is -2.41. The number of hydrogen-bond donors (Lipinski definition) is 1. The summed E-state index contributed by atoms with van der Waals surface area (Å²) in [5.41, 5.74) is 1.45. The van der Waals surface area contributed by atoms with Gasteiger partial charge in [0.05, 0.1) is 18.1 Å². The van der Waals surface area contributed by atoms with Crippen LogP contribution in [0.4, 0.5) is 0 Å². The van der Waals surface area contributed by atoms with E-state index in [2.05, 4.69) is 5.32 Å². The number of benzene rings is 3. The molecular formula is C25H26N2O4S2. The number of carbonyl (C=O) groups excluding carboxylic acids is 1. The second-order valence-corrected chi connectivity index (χ2v) is 10.6. The van der Waals surface area contributed by atoms with Crippen LogP contribution in [0.2, 0.25) is 0 Å². The number of amides is 1. The van der Waals surface area contributed by atoms with E-state index >= 15 is 0 Å². The second-order valence-electron chi connectivity index (χ2n) is 7.56. The van der Waals surface area contributed by atoms with Gasteiger partial charge in [-0.3, -0.25) is 4.79 Å². The highest BCUT2D eigenvalue weighted by atomic mass is 32.2. The van der Waals surface area contributed by atoms with E-state index in [0.29, 0.717) is 31.9 Å². The summed E-state index contributed by atoms with van der Waals surface area (Å²) >= 11 is 1.47. The number of rotatable bonds is 8. The Morgan fingerprint density at radius 1 is 0.909 bits per heavy atom. The number of nitrogens with zero attached hydrogens (tertiary/aromatic N) is 1. The summed E-state index contributed by atoms with van der Waals surface area (Å²) in [7, 11) is -3.66. The zero-order valence-electron chi connectivity index (χ0n) is 18.1. The third-order valence-electron chi connectivity index (χ3n) is 5.35. The Kier molecular flexibility index (Phi) is 7.82. The fraction of sp³-hybridized carbons (Fsp3) is 0.240. The molecule has 0 unspecified atom stereocenters. The lowest BCUT2D eigenvalue weighted by molar-refractivity contribution is -0.120. The van der Waals surface area contributed by atoms with Gasteiger partial charge < -0.3 is 10.1 Å². The van der Waals surface area contributed by atoms with Crippen molar-refractivity contribution < 1.29 is 17.9 Å². The molecule has 1 heterocycles. The number of ether oxygens (including phenoxy) is 1. The van der Waals surface area contributed by atoms with Gasteiger partial charge in [0, 0.05) is 24.5 Å². The van der Waals surface area contributed by atoms with Crippen LogP contribution in [0, 0.1) is 0 Å². The normalized spacial score (nSPS) is 15.6. The Hall–Kier alpha value is -2.65. The number of nitrogens with one attached hydrogen (secondary N) is 1. The van der Waals surface area contributed by atoms with Crippen molar-refractivity contribution in [2.24, 2.45) is 0 Å². The maximum absolute atomic E-state index is 13.3. The van der Waals surface area contributed by atoms with Gasteiger partial charge in [-0.25, -0.2) is 8.42 Å². The molecule has 0 saturated carbocycles. The Morgan fingerprint density at radius 2 is 1.52 bits per heavy atom. The van der Waals surface area contributed by atoms with Crippen LogP contribution in [0.5, 0.6) is 0 Å².